The molecule has 3 nitrogen and oxygen atoms in total. The molecule has 21 heavy (non-hydrogen) atoms. The average molecular weight is 295 g/mol. The van der Waals surface area contributed by atoms with Gasteiger partial charge in [-0.1, -0.05) is 12.1 Å². The lowest BCUT2D eigenvalue weighted by atomic mass is 10.1. The van der Waals surface area contributed by atoms with E-state index in [-0.39, 0.29) is 5.69 Å². The summed E-state index contributed by atoms with van der Waals surface area (Å²) in [6, 6.07) is 9.51. The number of benzene rings is 2. The summed E-state index contributed by atoms with van der Waals surface area (Å²) < 4.78 is 43.2. The maximum atomic E-state index is 12.7. The minimum absolute atomic E-state index is 0.220. The molecule has 0 unspecified atom stereocenters. The normalized spacial score (nSPS) is 11.0. The highest BCUT2D eigenvalue weighted by Crippen LogP contribution is 2.34. The molecule has 6 heteroatoms. The van der Waals surface area contributed by atoms with Crippen molar-refractivity contribution in [2.45, 2.75) is 6.18 Å². The summed E-state index contributed by atoms with van der Waals surface area (Å²) in [4.78, 5) is 11.0. The Hall–Kier alpha value is -2.50. The van der Waals surface area contributed by atoms with E-state index in [1.807, 2.05) is 0 Å². The van der Waals surface area contributed by atoms with Crippen molar-refractivity contribution in [3.8, 4) is 5.75 Å². The Morgan fingerprint density at radius 2 is 1.86 bits per heavy atom. The lowest BCUT2D eigenvalue weighted by Gasteiger charge is -2.14. The Kier molecular flexibility index (Phi) is 4.16. The van der Waals surface area contributed by atoms with Crippen LogP contribution < -0.4 is 10.1 Å². The second-order valence-corrected chi connectivity index (χ2v) is 4.25. The van der Waals surface area contributed by atoms with Crippen molar-refractivity contribution in [2.24, 2.45) is 0 Å². The lowest BCUT2D eigenvalue weighted by molar-refractivity contribution is -0.137. The number of carbonyl (C=O) groups excluding carboxylic acids is 1. The number of nitrogens with one attached hydrogen (secondary N) is 1. The minimum Gasteiger partial charge on any atom is -0.495 e. The smallest absolute Gasteiger partial charge is 0.416 e. The molecule has 0 heterocycles. The van der Waals surface area contributed by atoms with Gasteiger partial charge in [0, 0.05) is 11.3 Å². The van der Waals surface area contributed by atoms with Crippen LogP contribution in [0.5, 0.6) is 5.75 Å². The molecule has 0 fully saturated rings. The van der Waals surface area contributed by atoms with E-state index >= 15 is 0 Å². The molecule has 0 amide bonds. The maximum Gasteiger partial charge on any atom is 0.416 e. The van der Waals surface area contributed by atoms with Crippen molar-refractivity contribution in [2.75, 3.05) is 12.4 Å². The van der Waals surface area contributed by atoms with Crippen LogP contribution in [-0.4, -0.2) is 13.4 Å². The standard InChI is InChI=1S/C15H12F3NO2/c1-21-13-7-2-4-10(9-20)14(13)19-12-6-3-5-11(8-12)15(16,17)18/h2-9,19H,1H3. The van der Waals surface area contributed by atoms with Crippen LogP contribution in [0.25, 0.3) is 0 Å². The number of halogens is 3. The molecule has 2 rings (SSSR count). The van der Waals surface area contributed by atoms with Gasteiger partial charge in [0.15, 0.2) is 6.29 Å². The van der Waals surface area contributed by atoms with E-state index in [0.717, 1.165) is 12.1 Å². The second kappa shape index (κ2) is 5.87. The zero-order valence-electron chi connectivity index (χ0n) is 11.1. The van der Waals surface area contributed by atoms with E-state index in [9.17, 15) is 18.0 Å². The van der Waals surface area contributed by atoms with Crippen LogP contribution in [0.3, 0.4) is 0 Å². The second-order valence-electron chi connectivity index (χ2n) is 4.25. The number of anilines is 2. The molecule has 0 saturated carbocycles. The molecular weight excluding hydrogens is 283 g/mol. The fraction of sp³-hybridized carbons (Fsp3) is 0.133. The van der Waals surface area contributed by atoms with Crippen molar-refractivity contribution in [3.05, 3.63) is 53.6 Å². The van der Waals surface area contributed by atoms with Gasteiger partial charge in [0.1, 0.15) is 5.75 Å². The number of aldehydes is 1. The molecule has 2 aromatic rings. The minimum atomic E-state index is -4.42. The van der Waals surface area contributed by atoms with Crippen molar-refractivity contribution in [1.29, 1.82) is 0 Å². The molecule has 0 aliphatic rings. The van der Waals surface area contributed by atoms with Gasteiger partial charge in [0.2, 0.25) is 0 Å². The topological polar surface area (TPSA) is 38.3 Å². The van der Waals surface area contributed by atoms with Gasteiger partial charge in [-0.15, -0.1) is 0 Å². The number of para-hydroxylation sites is 1. The highest BCUT2D eigenvalue weighted by Gasteiger charge is 2.30. The van der Waals surface area contributed by atoms with Gasteiger partial charge in [0.05, 0.1) is 18.4 Å². The summed E-state index contributed by atoms with van der Waals surface area (Å²) in [5.41, 5.74) is 0.0774. The van der Waals surface area contributed by atoms with E-state index in [2.05, 4.69) is 5.32 Å². The van der Waals surface area contributed by atoms with E-state index in [0.29, 0.717) is 23.3 Å². The van der Waals surface area contributed by atoms with Gasteiger partial charge in [-0.3, -0.25) is 4.79 Å². The molecule has 0 aliphatic heterocycles. The predicted molar refractivity (Wildman–Crippen MR) is 73.1 cm³/mol. The van der Waals surface area contributed by atoms with Crippen LogP contribution in [0.4, 0.5) is 24.5 Å². The fourth-order valence-electron chi connectivity index (χ4n) is 1.87. The molecule has 0 spiro atoms. The van der Waals surface area contributed by atoms with Crippen LogP contribution in [0.2, 0.25) is 0 Å². The third-order valence-electron chi connectivity index (χ3n) is 2.86. The number of methoxy groups -OCH3 is 1. The first-order valence-corrected chi connectivity index (χ1v) is 6.02. The quantitative estimate of drug-likeness (QED) is 0.856. The number of alkyl halides is 3. The van der Waals surface area contributed by atoms with E-state index in [4.69, 9.17) is 4.74 Å². The number of hydrogen-bond acceptors (Lipinski definition) is 3. The number of carbonyl (C=O) groups is 1. The first-order chi connectivity index (χ1) is 9.95. The zero-order valence-corrected chi connectivity index (χ0v) is 11.1. The Bertz CT molecular complexity index is 654. The van der Waals surface area contributed by atoms with Gasteiger partial charge < -0.3 is 10.1 Å². The van der Waals surface area contributed by atoms with Gasteiger partial charge in [-0.25, -0.2) is 0 Å². The Balaban J connectivity index is 2.41. The largest absolute Gasteiger partial charge is 0.495 e. The van der Waals surface area contributed by atoms with Crippen molar-refractivity contribution in [3.63, 3.8) is 0 Å². The summed E-state index contributed by atoms with van der Waals surface area (Å²) in [6.07, 6.45) is -3.82. The van der Waals surface area contributed by atoms with Crippen molar-refractivity contribution < 1.29 is 22.7 Å². The Morgan fingerprint density at radius 1 is 1.14 bits per heavy atom. The van der Waals surface area contributed by atoms with Gasteiger partial charge in [-0.2, -0.15) is 13.2 Å². The summed E-state index contributed by atoms with van der Waals surface area (Å²) in [5.74, 6) is 0.372. The lowest BCUT2D eigenvalue weighted by Crippen LogP contribution is -2.05. The van der Waals surface area contributed by atoms with Crippen LogP contribution in [-0.2, 0) is 6.18 Å². The average Bonchev–Trinajstić information content (AvgIpc) is 2.47. The highest BCUT2D eigenvalue weighted by atomic mass is 19.4. The predicted octanol–water partition coefficient (Wildman–Crippen LogP) is 4.27. The van der Waals surface area contributed by atoms with Crippen molar-refractivity contribution >= 4 is 17.7 Å². The molecule has 0 radical (unpaired) electrons. The molecule has 0 aromatic heterocycles. The monoisotopic (exact) mass is 295 g/mol. The molecule has 0 bridgehead atoms. The van der Waals surface area contributed by atoms with Crippen LogP contribution in [0.1, 0.15) is 15.9 Å². The summed E-state index contributed by atoms with van der Waals surface area (Å²) in [5, 5.41) is 2.80. The Morgan fingerprint density at radius 3 is 2.48 bits per heavy atom. The number of rotatable bonds is 4. The summed E-state index contributed by atoms with van der Waals surface area (Å²) in [7, 11) is 1.42. The number of ether oxygens (including phenoxy) is 1. The van der Waals surface area contributed by atoms with Gasteiger partial charge >= 0.3 is 6.18 Å². The fourth-order valence-corrected chi connectivity index (χ4v) is 1.87. The Labute approximate surface area is 119 Å². The third kappa shape index (κ3) is 3.34. The number of hydrogen-bond donors (Lipinski definition) is 1. The third-order valence-corrected chi connectivity index (χ3v) is 2.86. The van der Waals surface area contributed by atoms with Crippen LogP contribution in [0.15, 0.2) is 42.5 Å². The zero-order chi connectivity index (χ0) is 15.5. The first-order valence-electron chi connectivity index (χ1n) is 6.02. The van der Waals surface area contributed by atoms with E-state index in [1.165, 1.54) is 19.2 Å². The molecular formula is C15H12F3NO2. The SMILES string of the molecule is COc1cccc(C=O)c1Nc1cccc(C(F)(F)F)c1. The van der Waals surface area contributed by atoms with Crippen molar-refractivity contribution in [1.82, 2.24) is 0 Å². The van der Waals surface area contributed by atoms with Gasteiger partial charge in [-0.05, 0) is 30.3 Å². The molecule has 0 atom stereocenters. The maximum absolute atomic E-state index is 12.7. The van der Waals surface area contributed by atoms with E-state index < -0.39 is 11.7 Å². The van der Waals surface area contributed by atoms with Gasteiger partial charge in [0.25, 0.3) is 0 Å². The van der Waals surface area contributed by atoms with Crippen LogP contribution >= 0.6 is 0 Å². The molecule has 0 saturated heterocycles. The summed E-state index contributed by atoms with van der Waals surface area (Å²) in [6.45, 7) is 0. The highest BCUT2D eigenvalue weighted by molar-refractivity contribution is 5.89. The first kappa shape index (κ1) is 14.9. The molecule has 1 N–H and O–H groups in total. The molecule has 110 valence electrons. The molecule has 2 aromatic carbocycles. The van der Waals surface area contributed by atoms with E-state index in [1.54, 1.807) is 18.2 Å². The molecule has 0 aliphatic carbocycles. The summed E-state index contributed by atoms with van der Waals surface area (Å²) >= 11 is 0. The van der Waals surface area contributed by atoms with Crippen LogP contribution in [0, 0.1) is 0 Å².